The normalized spacial score (nSPS) is 13.5. The predicted molar refractivity (Wildman–Crippen MR) is 306 cm³/mol. The van der Waals surface area contributed by atoms with Crippen molar-refractivity contribution >= 4 is 11.9 Å². The largest absolute Gasteiger partial charge is 0.462 e. The standard InChI is InChI=1S/C65H102O5/c1-3-5-7-9-11-13-15-17-19-21-23-25-26-27-28-29-30-31-32-33-34-35-36-37-38-40-42-44-46-48-50-52-54-56-58-60-65(68)70-63(61-66)62-69-64(67)59-57-55-53-51-49-47-45-43-41-39-24-22-20-18-16-14-12-10-8-6-4-2/h5,7,11,13,16-19,22-25,27-28,30-31,33-34,36-37,40-43,46,48,63,66H,3-4,6,8-10,12,14-15,20-21,26,29,32,35,38-39,44-45,47,49-62H2,1-2H3/b7-5-,13-11-,18-16-,19-17-,24-22-,25-23-,28-27-,31-30-,34-33-,37-36-,42-40-,43-41-,48-46-. The van der Waals surface area contributed by atoms with Crippen LogP contribution in [0.3, 0.4) is 0 Å². The highest BCUT2D eigenvalue weighted by molar-refractivity contribution is 5.70. The molecule has 0 radical (unpaired) electrons. The maximum absolute atomic E-state index is 12.3. The molecule has 0 rings (SSSR count). The Kier molecular flexibility index (Phi) is 55.1. The van der Waals surface area contributed by atoms with Gasteiger partial charge in [0.2, 0.25) is 0 Å². The number of esters is 2. The molecule has 0 saturated carbocycles. The Morgan fingerprint density at radius 3 is 0.929 bits per heavy atom. The highest BCUT2D eigenvalue weighted by Gasteiger charge is 2.16. The monoisotopic (exact) mass is 963 g/mol. The van der Waals surface area contributed by atoms with E-state index >= 15 is 0 Å². The number of aliphatic hydroxyl groups is 1. The van der Waals surface area contributed by atoms with Gasteiger partial charge in [-0.2, -0.15) is 0 Å². The molecular formula is C65H102O5. The van der Waals surface area contributed by atoms with Crippen molar-refractivity contribution in [2.24, 2.45) is 0 Å². The van der Waals surface area contributed by atoms with Crippen molar-refractivity contribution in [3.8, 4) is 0 Å². The molecule has 0 fully saturated rings. The molecule has 0 amide bonds. The molecule has 0 spiro atoms. The quantitative estimate of drug-likeness (QED) is 0.0374. The molecule has 1 atom stereocenters. The summed E-state index contributed by atoms with van der Waals surface area (Å²) in [5.74, 6) is -0.646. The van der Waals surface area contributed by atoms with Crippen LogP contribution in [0.1, 0.15) is 219 Å². The topological polar surface area (TPSA) is 72.8 Å². The fraction of sp³-hybridized carbons (Fsp3) is 0.569. The second-order valence-corrected chi connectivity index (χ2v) is 17.9. The van der Waals surface area contributed by atoms with Crippen LogP contribution in [0.25, 0.3) is 0 Å². The van der Waals surface area contributed by atoms with Crippen molar-refractivity contribution in [1.29, 1.82) is 0 Å². The average Bonchev–Trinajstić information content (AvgIpc) is 3.36. The zero-order chi connectivity index (χ0) is 50.6. The molecule has 0 aromatic heterocycles. The molecule has 0 aromatic carbocycles. The smallest absolute Gasteiger partial charge is 0.306 e. The van der Waals surface area contributed by atoms with Gasteiger partial charge in [-0.05, 0) is 128 Å². The summed E-state index contributed by atoms with van der Waals surface area (Å²) < 4.78 is 10.7. The minimum Gasteiger partial charge on any atom is -0.462 e. The molecule has 1 unspecified atom stereocenters. The van der Waals surface area contributed by atoms with Crippen molar-refractivity contribution < 1.29 is 24.2 Å². The van der Waals surface area contributed by atoms with Gasteiger partial charge in [0.05, 0.1) is 6.61 Å². The summed E-state index contributed by atoms with van der Waals surface area (Å²) in [5.41, 5.74) is 0. The number of unbranched alkanes of at least 4 members (excludes halogenated alkanes) is 15. The van der Waals surface area contributed by atoms with Crippen LogP contribution in [-0.4, -0.2) is 36.4 Å². The lowest BCUT2D eigenvalue weighted by molar-refractivity contribution is -0.161. The van der Waals surface area contributed by atoms with Gasteiger partial charge < -0.3 is 14.6 Å². The van der Waals surface area contributed by atoms with Crippen LogP contribution in [-0.2, 0) is 19.1 Å². The molecule has 0 aromatic rings. The SMILES string of the molecule is CC/C=C\C/C=C\C/C=C\C/C=C\C/C=C\C/C=C\C/C=C\C/C=C\C/C=C\C/C=C\CCCCCCC(=O)OC(CO)COC(=O)CCCCCCCC/C=C\C/C=C\C/C=C\CCCCCCC. The van der Waals surface area contributed by atoms with Gasteiger partial charge in [0.1, 0.15) is 6.61 Å². The van der Waals surface area contributed by atoms with Crippen molar-refractivity contribution in [2.45, 2.75) is 225 Å². The minimum absolute atomic E-state index is 0.0939. The Morgan fingerprint density at radius 2 is 0.614 bits per heavy atom. The number of hydrogen-bond acceptors (Lipinski definition) is 5. The molecule has 0 saturated heterocycles. The van der Waals surface area contributed by atoms with Crippen LogP contribution in [0.15, 0.2) is 158 Å². The molecular weight excluding hydrogens is 861 g/mol. The molecule has 0 heterocycles. The molecule has 5 heteroatoms. The van der Waals surface area contributed by atoms with E-state index in [1.807, 2.05) is 0 Å². The van der Waals surface area contributed by atoms with E-state index in [0.717, 1.165) is 135 Å². The van der Waals surface area contributed by atoms with Crippen LogP contribution < -0.4 is 0 Å². The van der Waals surface area contributed by atoms with Crippen molar-refractivity contribution in [1.82, 2.24) is 0 Å². The lowest BCUT2D eigenvalue weighted by atomic mass is 10.1. The van der Waals surface area contributed by atoms with Crippen LogP contribution >= 0.6 is 0 Å². The van der Waals surface area contributed by atoms with E-state index in [1.165, 1.54) is 57.8 Å². The number of aliphatic hydroxyl groups excluding tert-OH is 1. The van der Waals surface area contributed by atoms with Crippen LogP contribution in [0.5, 0.6) is 0 Å². The van der Waals surface area contributed by atoms with Crippen molar-refractivity contribution in [2.75, 3.05) is 13.2 Å². The Hall–Kier alpha value is -4.48. The first-order valence-electron chi connectivity index (χ1n) is 28.0. The summed E-state index contributed by atoms with van der Waals surface area (Å²) in [5, 5.41) is 9.64. The summed E-state index contributed by atoms with van der Waals surface area (Å²) in [6, 6.07) is 0. The number of allylic oxidation sites excluding steroid dienone is 26. The number of carbonyl (C=O) groups excluding carboxylic acids is 2. The Labute approximate surface area is 430 Å². The van der Waals surface area contributed by atoms with E-state index in [2.05, 4.69) is 172 Å². The van der Waals surface area contributed by atoms with Crippen LogP contribution in [0.4, 0.5) is 0 Å². The molecule has 392 valence electrons. The zero-order valence-corrected chi connectivity index (χ0v) is 44.7. The van der Waals surface area contributed by atoms with Gasteiger partial charge >= 0.3 is 11.9 Å². The molecule has 70 heavy (non-hydrogen) atoms. The zero-order valence-electron chi connectivity index (χ0n) is 44.7. The van der Waals surface area contributed by atoms with Gasteiger partial charge in [-0.3, -0.25) is 9.59 Å². The van der Waals surface area contributed by atoms with E-state index in [-0.39, 0.29) is 25.2 Å². The van der Waals surface area contributed by atoms with Crippen LogP contribution in [0, 0.1) is 0 Å². The number of carbonyl (C=O) groups is 2. The molecule has 0 bridgehead atoms. The first-order chi connectivity index (χ1) is 34.6. The summed E-state index contributed by atoms with van der Waals surface area (Å²) in [6.45, 7) is 3.97. The third-order valence-corrected chi connectivity index (χ3v) is 11.3. The molecule has 1 N–H and O–H groups in total. The average molecular weight is 964 g/mol. The van der Waals surface area contributed by atoms with Crippen molar-refractivity contribution in [3.05, 3.63) is 158 Å². The first-order valence-corrected chi connectivity index (χ1v) is 28.0. The summed E-state index contributed by atoms with van der Waals surface area (Å²) in [6.07, 6.45) is 90.5. The predicted octanol–water partition coefficient (Wildman–Crippen LogP) is 19.2. The van der Waals surface area contributed by atoms with Gasteiger partial charge in [0.25, 0.3) is 0 Å². The maximum Gasteiger partial charge on any atom is 0.306 e. The fourth-order valence-electron chi connectivity index (χ4n) is 7.12. The molecule has 0 aliphatic rings. The van der Waals surface area contributed by atoms with E-state index in [1.54, 1.807) is 0 Å². The van der Waals surface area contributed by atoms with E-state index < -0.39 is 6.10 Å². The number of ether oxygens (including phenoxy) is 2. The Balaban J connectivity index is 3.69. The minimum atomic E-state index is -0.805. The van der Waals surface area contributed by atoms with Crippen LogP contribution in [0.2, 0.25) is 0 Å². The first kappa shape index (κ1) is 65.5. The maximum atomic E-state index is 12.3. The van der Waals surface area contributed by atoms with E-state index in [9.17, 15) is 14.7 Å². The third kappa shape index (κ3) is 56.1. The van der Waals surface area contributed by atoms with Crippen molar-refractivity contribution in [3.63, 3.8) is 0 Å². The van der Waals surface area contributed by atoms with Gasteiger partial charge in [0, 0.05) is 12.8 Å². The number of rotatable bonds is 49. The fourth-order valence-corrected chi connectivity index (χ4v) is 7.12. The van der Waals surface area contributed by atoms with Gasteiger partial charge in [-0.1, -0.05) is 236 Å². The molecule has 5 nitrogen and oxygen atoms in total. The lowest BCUT2D eigenvalue weighted by Crippen LogP contribution is -2.28. The summed E-state index contributed by atoms with van der Waals surface area (Å²) >= 11 is 0. The highest BCUT2D eigenvalue weighted by Crippen LogP contribution is 2.12. The highest BCUT2D eigenvalue weighted by atomic mass is 16.6. The second-order valence-electron chi connectivity index (χ2n) is 17.9. The Morgan fingerprint density at radius 1 is 0.343 bits per heavy atom. The molecule has 0 aliphatic carbocycles. The summed E-state index contributed by atoms with van der Waals surface area (Å²) in [4.78, 5) is 24.5. The Bertz CT molecular complexity index is 1560. The summed E-state index contributed by atoms with van der Waals surface area (Å²) in [7, 11) is 0. The lowest BCUT2D eigenvalue weighted by Gasteiger charge is -2.15. The van der Waals surface area contributed by atoms with E-state index in [0.29, 0.717) is 12.8 Å². The molecule has 0 aliphatic heterocycles. The van der Waals surface area contributed by atoms with Gasteiger partial charge in [-0.15, -0.1) is 0 Å². The van der Waals surface area contributed by atoms with E-state index in [4.69, 9.17) is 9.47 Å². The van der Waals surface area contributed by atoms with Gasteiger partial charge in [0.15, 0.2) is 6.10 Å². The third-order valence-electron chi connectivity index (χ3n) is 11.3. The second kappa shape index (κ2) is 58.8. The van der Waals surface area contributed by atoms with Gasteiger partial charge in [-0.25, -0.2) is 0 Å². The number of hydrogen-bond donors (Lipinski definition) is 1.